The van der Waals surface area contributed by atoms with Crippen molar-refractivity contribution in [3.8, 4) is 5.69 Å². The SMILES string of the molecule is CSc1ccc([C@H]2NC(=O)c3sc(=S)n(-c4ccccc4)c3N2)cc1. The lowest BCUT2D eigenvalue weighted by atomic mass is 10.1. The minimum atomic E-state index is -0.283. The zero-order chi connectivity index (χ0) is 17.4. The number of amides is 1. The van der Waals surface area contributed by atoms with Crippen LogP contribution in [0, 0.1) is 3.95 Å². The Labute approximate surface area is 158 Å². The number of thioether (sulfide) groups is 1. The maximum absolute atomic E-state index is 12.6. The van der Waals surface area contributed by atoms with Crippen molar-refractivity contribution >= 4 is 47.0 Å². The van der Waals surface area contributed by atoms with Gasteiger partial charge in [0.05, 0.1) is 0 Å². The number of para-hydroxylation sites is 1. The molecular weight excluding hydrogens is 370 g/mol. The number of hydrogen-bond acceptors (Lipinski definition) is 5. The Morgan fingerprint density at radius 2 is 1.80 bits per heavy atom. The molecule has 1 aromatic heterocycles. The predicted octanol–water partition coefficient (Wildman–Crippen LogP) is 4.84. The third kappa shape index (κ3) is 2.99. The van der Waals surface area contributed by atoms with Gasteiger partial charge in [-0.25, -0.2) is 0 Å². The lowest BCUT2D eigenvalue weighted by molar-refractivity contribution is 0.0939. The molecule has 2 heterocycles. The topological polar surface area (TPSA) is 46.1 Å². The van der Waals surface area contributed by atoms with Gasteiger partial charge in [0.1, 0.15) is 16.9 Å². The van der Waals surface area contributed by atoms with E-state index in [0.29, 0.717) is 8.83 Å². The Hall–Kier alpha value is -2.09. The van der Waals surface area contributed by atoms with Crippen LogP contribution in [0.3, 0.4) is 0 Å². The van der Waals surface area contributed by atoms with Crippen LogP contribution < -0.4 is 10.6 Å². The zero-order valence-corrected chi connectivity index (χ0v) is 15.8. The van der Waals surface area contributed by atoms with Gasteiger partial charge in [-0.15, -0.1) is 11.8 Å². The van der Waals surface area contributed by atoms with Gasteiger partial charge in [-0.1, -0.05) is 41.7 Å². The number of carbonyl (C=O) groups is 1. The summed E-state index contributed by atoms with van der Waals surface area (Å²) < 4.78 is 2.58. The molecule has 4 nitrogen and oxygen atoms in total. The molecule has 0 aliphatic carbocycles. The molecule has 7 heteroatoms. The predicted molar refractivity (Wildman–Crippen MR) is 107 cm³/mol. The third-order valence-electron chi connectivity index (χ3n) is 4.04. The number of carbonyl (C=O) groups excluding carboxylic acids is 1. The second-order valence-electron chi connectivity index (χ2n) is 5.54. The molecule has 0 saturated heterocycles. The van der Waals surface area contributed by atoms with Crippen LogP contribution in [0.1, 0.15) is 21.4 Å². The number of thiazole rings is 1. The van der Waals surface area contributed by atoms with Gasteiger partial charge in [-0.05, 0) is 48.3 Å². The van der Waals surface area contributed by atoms with Crippen molar-refractivity contribution in [1.82, 2.24) is 9.88 Å². The number of hydrogen-bond donors (Lipinski definition) is 2. The van der Waals surface area contributed by atoms with E-state index in [2.05, 4.69) is 22.8 Å². The van der Waals surface area contributed by atoms with Crippen molar-refractivity contribution in [2.45, 2.75) is 11.1 Å². The Morgan fingerprint density at radius 3 is 2.48 bits per heavy atom. The summed E-state index contributed by atoms with van der Waals surface area (Å²) in [5.74, 6) is 0.655. The smallest absolute Gasteiger partial charge is 0.267 e. The average Bonchev–Trinajstić information content (AvgIpc) is 2.99. The molecule has 1 atom stereocenters. The molecule has 2 aromatic carbocycles. The number of nitrogens with zero attached hydrogens (tertiary/aromatic N) is 1. The summed E-state index contributed by atoms with van der Waals surface area (Å²) in [5, 5.41) is 6.45. The number of fused-ring (bicyclic) bond motifs is 1. The molecule has 126 valence electrons. The van der Waals surface area contributed by atoms with Gasteiger partial charge < -0.3 is 10.6 Å². The first-order chi connectivity index (χ1) is 12.2. The largest absolute Gasteiger partial charge is 0.346 e. The van der Waals surface area contributed by atoms with Crippen LogP contribution >= 0.6 is 35.3 Å². The van der Waals surface area contributed by atoms with Crippen LogP contribution in [0.15, 0.2) is 59.5 Å². The zero-order valence-electron chi connectivity index (χ0n) is 13.4. The Kier molecular flexibility index (Phi) is 4.37. The molecule has 1 amide bonds. The van der Waals surface area contributed by atoms with Crippen molar-refractivity contribution in [2.24, 2.45) is 0 Å². The van der Waals surface area contributed by atoms with Crippen molar-refractivity contribution < 1.29 is 4.79 Å². The molecule has 2 N–H and O–H groups in total. The first kappa shape index (κ1) is 16.4. The Bertz CT molecular complexity index is 977. The third-order valence-corrected chi connectivity index (χ3v) is 6.15. The summed E-state index contributed by atoms with van der Waals surface area (Å²) in [6.45, 7) is 0. The molecule has 0 bridgehead atoms. The first-order valence-corrected chi connectivity index (χ1v) is 10.1. The fourth-order valence-corrected chi connectivity index (χ4v) is 4.52. The van der Waals surface area contributed by atoms with Crippen LogP contribution in [0.4, 0.5) is 5.82 Å². The number of benzene rings is 2. The lowest BCUT2D eigenvalue weighted by Crippen LogP contribution is -2.38. The summed E-state index contributed by atoms with van der Waals surface area (Å²) in [6, 6.07) is 18.0. The van der Waals surface area contributed by atoms with E-state index in [1.807, 2.05) is 53.3 Å². The van der Waals surface area contributed by atoms with Crippen molar-refractivity contribution in [1.29, 1.82) is 0 Å². The molecular formula is C18H15N3OS3. The van der Waals surface area contributed by atoms with Gasteiger partial charge in [-0.2, -0.15) is 0 Å². The summed E-state index contributed by atoms with van der Waals surface area (Å²) in [4.78, 5) is 14.4. The van der Waals surface area contributed by atoms with E-state index in [0.717, 1.165) is 17.1 Å². The first-order valence-electron chi connectivity index (χ1n) is 7.70. The fraction of sp³-hybridized carbons (Fsp3) is 0.111. The summed E-state index contributed by atoms with van der Waals surface area (Å²) >= 11 is 8.52. The van der Waals surface area contributed by atoms with Crippen molar-refractivity contribution in [3.63, 3.8) is 0 Å². The molecule has 0 unspecified atom stereocenters. The highest BCUT2D eigenvalue weighted by molar-refractivity contribution is 7.98. The minimum Gasteiger partial charge on any atom is -0.346 e. The van der Waals surface area contributed by atoms with E-state index in [9.17, 15) is 4.79 Å². The molecule has 1 aliphatic heterocycles. The van der Waals surface area contributed by atoms with Gasteiger partial charge in [-0.3, -0.25) is 9.36 Å². The van der Waals surface area contributed by atoms with Crippen LogP contribution in [-0.4, -0.2) is 16.7 Å². The van der Waals surface area contributed by atoms with Crippen molar-refractivity contribution in [3.05, 3.63) is 69.0 Å². The van der Waals surface area contributed by atoms with Gasteiger partial charge in [0.2, 0.25) is 0 Å². The van der Waals surface area contributed by atoms with E-state index < -0.39 is 0 Å². The second-order valence-corrected chi connectivity index (χ2v) is 8.06. The van der Waals surface area contributed by atoms with Gasteiger partial charge >= 0.3 is 0 Å². The number of aromatic nitrogens is 1. The maximum atomic E-state index is 12.6. The molecule has 0 saturated carbocycles. The quantitative estimate of drug-likeness (QED) is 0.500. The monoisotopic (exact) mass is 385 g/mol. The summed E-state index contributed by atoms with van der Waals surface area (Å²) in [6.07, 6.45) is 1.76. The molecule has 3 aromatic rings. The lowest BCUT2D eigenvalue weighted by Gasteiger charge is -2.27. The maximum Gasteiger partial charge on any atom is 0.267 e. The minimum absolute atomic E-state index is 0.0986. The highest BCUT2D eigenvalue weighted by atomic mass is 32.2. The average molecular weight is 386 g/mol. The highest BCUT2D eigenvalue weighted by Crippen LogP contribution is 2.34. The fourth-order valence-electron chi connectivity index (χ4n) is 2.80. The summed E-state index contributed by atoms with van der Waals surface area (Å²) in [7, 11) is 0. The molecule has 25 heavy (non-hydrogen) atoms. The number of rotatable bonds is 3. The van der Waals surface area contributed by atoms with Crippen LogP contribution in [0.2, 0.25) is 0 Å². The second kappa shape index (κ2) is 6.67. The normalized spacial score (nSPS) is 16.0. The van der Waals surface area contributed by atoms with Gasteiger partial charge in [0.25, 0.3) is 5.91 Å². The van der Waals surface area contributed by atoms with Crippen LogP contribution in [0.5, 0.6) is 0 Å². The van der Waals surface area contributed by atoms with E-state index in [1.165, 1.54) is 16.2 Å². The molecule has 0 radical (unpaired) electrons. The van der Waals surface area contributed by atoms with Crippen LogP contribution in [0.25, 0.3) is 5.69 Å². The van der Waals surface area contributed by atoms with Gasteiger partial charge in [0, 0.05) is 10.6 Å². The van der Waals surface area contributed by atoms with E-state index in [4.69, 9.17) is 12.2 Å². The van der Waals surface area contributed by atoms with Gasteiger partial charge in [0.15, 0.2) is 3.95 Å². The van der Waals surface area contributed by atoms with E-state index >= 15 is 0 Å². The Morgan fingerprint density at radius 1 is 1.08 bits per heavy atom. The van der Waals surface area contributed by atoms with Crippen LogP contribution in [-0.2, 0) is 0 Å². The Balaban J connectivity index is 1.76. The van der Waals surface area contributed by atoms with Crippen molar-refractivity contribution in [2.75, 3.05) is 11.6 Å². The number of anilines is 1. The molecule has 0 spiro atoms. The molecule has 4 rings (SSSR count). The van der Waals surface area contributed by atoms with E-state index in [-0.39, 0.29) is 12.1 Å². The molecule has 0 fully saturated rings. The van der Waals surface area contributed by atoms with E-state index in [1.54, 1.807) is 11.8 Å². The number of nitrogens with one attached hydrogen (secondary N) is 2. The summed E-state index contributed by atoms with van der Waals surface area (Å²) in [5.41, 5.74) is 1.96. The highest BCUT2D eigenvalue weighted by Gasteiger charge is 2.29. The molecule has 1 aliphatic rings. The standard InChI is InChI=1S/C18H15N3OS3/c1-24-13-9-7-11(8-10-13)15-19-16-14(17(22)20-15)25-18(23)21(16)12-5-3-2-4-6-12/h2-10,15,19H,1H3,(H,20,22)/t15-/m1/s1.